The van der Waals surface area contributed by atoms with Crippen LogP contribution in [0.25, 0.3) is 5.65 Å². The van der Waals surface area contributed by atoms with Crippen molar-refractivity contribution in [2.75, 3.05) is 5.32 Å². The van der Waals surface area contributed by atoms with Crippen LogP contribution in [-0.2, 0) is 5.54 Å². The SMILES string of the molecule is CC(C)(Nc1cccc2nccn12)c1nccs1. The third-order valence-electron chi connectivity index (χ3n) is 2.84. The van der Waals surface area contributed by atoms with Gasteiger partial charge < -0.3 is 5.32 Å². The van der Waals surface area contributed by atoms with E-state index in [1.54, 1.807) is 17.5 Å². The van der Waals surface area contributed by atoms with Gasteiger partial charge in [-0.1, -0.05) is 6.07 Å². The third kappa shape index (κ3) is 1.86. The molecule has 0 saturated heterocycles. The van der Waals surface area contributed by atoms with Crippen LogP contribution in [0.1, 0.15) is 18.9 Å². The Morgan fingerprint density at radius 3 is 2.89 bits per heavy atom. The van der Waals surface area contributed by atoms with Crippen LogP contribution in [0.5, 0.6) is 0 Å². The highest BCUT2D eigenvalue weighted by Crippen LogP contribution is 2.27. The van der Waals surface area contributed by atoms with Gasteiger partial charge in [0.1, 0.15) is 16.5 Å². The van der Waals surface area contributed by atoms with Crippen molar-refractivity contribution in [1.82, 2.24) is 14.4 Å². The average molecular weight is 258 g/mol. The molecule has 3 aromatic heterocycles. The molecule has 0 saturated carbocycles. The minimum Gasteiger partial charge on any atom is -0.360 e. The molecule has 0 radical (unpaired) electrons. The van der Waals surface area contributed by atoms with Gasteiger partial charge in [-0.05, 0) is 26.0 Å². The average Bonchev–Trinajstić information content (AvgIpc) is 3.00. The van der Waals surface area contributed by atoms with Crippen LogP contribution in [0.15, 0.2) is 42.2 Å². The molecule has 0 aliphatic heterocycles. The molecule has 0 amide bonds. The predicted octanol–water partition coefficient (Wildman–Crippen LogP) is 3.14. The first-order valence-electron chi connectivity index (χ1n) is 5.77. The fraction of sp³-hybridized carbons (Fsp3) is 0.231. The zero-order valence-corrected chi connectivity index (χ0v) is 11.1. The second-order valence-corrected chi connectivity index (χ2v) is 5.55. The molecular formula is C13H14N4S. The molecular weight excluding hydrogens is 244 g/mol. The summed E-state index contributed by atoms with van der Waals surface area (Å²) in [5.41, 5.74) is 0.738. The van der Waals surface area contributed by atoms with Crippen molar-refractivity contribution in [3.8, 4) is 0 Å². The zero-order valence-electron chi connectivity index (χ0n) is 10.3. The second kappa shape index (κ2) is 4.10. The predicted molar refractivity (Wildman–Crippen MR) is 74.0 cm³/mol. The number of imidazole rings is 1. The van der Waals surface area contributed by atoms with Crippen molar-refractivity contribution in [1.29, 1.82) is 0 Å². The van der Waals surface area contributed by atoms with E-state index in [9.17, 15) is 0 Å². The van der Waals surface area contributed by atoms with E-state index in [0.29, 0.717) is 0 Å². The molecule has 18 heavy (non-hydrogen) atoms. The van der Waals surface area contributed by atoms with Gasteiger partial charge in [-0.3, -0.25) is 4.40 Å². The summed E-state index contributed by atoms with van der Waals surface area (Å²) in [5, 5.41) is 6.59. The van der Waals surface area contributed by atoms with Crippen molar-refractivity contribution in [3.63, 3.8) is 0 Å². The summed E-state index contributed by atoms with van der Waals surface area (Å²) in [6.45, 7) is 4.25. The Kier molecular flexibility index (Phi) is 2.56. The summed E-state index contributed by atoms with van der Waals surface area (Å²) in [6.07, 6.45) is 5.59. The number of aromatic nitrogens is 3. The van der Waals surface area contributed by atoms with Gasteiger partial charge in [0.25, 0.3) is 0 Å². The summed E-state index contributed by atoms with van der Waals surface area (Å²) in [4.78, 5) is 8.66. The van der Waals surface area contributed by atoms with Crippen LogP contribution < -0.4 is 5.32 Å². The summed E-state index contributed by atoms with van der Waals surface area (Å²) in [6, 6.07) is 6.04. The Labute approximate surface area is 109 Å². The molecule has 0 bridgehead atoms. The molecule has 3 rings (SSSR count). The number of nitrogens with one attached hydrogen (secondary N) is 1. The fourth-order valence-electron chi connectivity index (χ4n) is 1.96. The summed E-state index contributed by atoms with van der Waals surface area (Å²) in [5.74, 6) is 1.02. The smallest absolute Gasteiger partial charge is 0.138 e. The fourth-order valence-corrected chi connectivity index (χ4v) is 2.67. The van der Waals surface area contributed by atoms with Gasteiger partial charge >= 0.3 is 0 Å². The highest BCUT2D eigenvalue weighted by molar-refractivity contribution is 7.09. The molecule has 0 fully saturated rings. The first-order chi connectivity index (χ1) is 8.67. The Morgan fingerprint density at radius 1 is 1.22 bits per heavy atom. The van der Waals surface area contributed by atoms with E-state index in [2.05, 4.69) is 29.1 Å². The van der Waals surface area contributed by atoms with Crippen molar-refractivity contribution in [2.24, 2.45) is 0 Å². The topological polar surface area (TPSA) is 42.2 Å². The maximum atomic E-state index is 4.38. The molecule has 0 aromatic carbocycles. The molecule has 3 heterocycles. The van der Waals surface area contributed by atoms with Crippen molar-refractivity contribution < 1.29 is 0 Å². The van der Waals surface area contributed by atoms with Crippen molar-refractivity contribution >= 4 is 22.8 Å². The molecule has 5 heteroatoms. The Bertz CT molecular complexity index is 655. The van der Waals surface area contributed by atoms with E-state index < -0.39 is 0 Å². The number of hydrogen-bond acceptors (Lipinski definition) is 4. The molecule has 92 valence electrons. The van der Waals surface area contributed by atoms with Gasteiger partial charge in [0.15, 0.2) is 0 Å². The minimum absolute atomic E-state index is 0.202. The Hall–Kier alpha value is -1.88. The van der Waals surface area contributed by atoms with Crippen LogP contribution in [0, 0.1) is 0 Å². The molecule has 0 atom stereocenters. The lowest BCUT2D eigenvalue weighted by Gasteiger charge is -2.25. The summed E-state index contributed by atoms with van der Waals surface area (Å²) in [7, 11) is 0. The van der Waals surface area contributed by atoms with E-state index in [1.807, 2.05) is 40.4 Å². The van der Waals surface area contributed by atoms with Gasteiger partial charge in [0.2, 0.25) is 0 Å². The number of thiazole rings is 1. The molecule has 1 N–H and O–H groups in total. The van der Waals surface area contributed by atoms with Crippen LogP contribution in [0.3, 0.4) is 0 Å². The van der Waals surface area contributed by atoms with Crippen LogP contribution in [0.4, 0.5) is 5.82 Å². The number of anilines is 1. The quantitative estimate of drug-likeness (QED) is 0.784. The first kappa shape index (κ1) is 11.2. The van der Waals surface area contributed by atoms with Gasteiger partial charge in [-0.15, -0.1) is 11.3 Å². The van der Waals surface area contributed by atoms with Crippen LogP contribution in [-0.4, -0.2) is 14.4 Å². The number of pyridine rings is 1. The molecule has 4 nitrogen and oxygen atoms in total. The first-order valence-corrected chi connectivity index (χ1v) is 6.65. The molecule has 0 aliphatic rings. The monoisotopic (exact) mass is 258 g/mol. The van der Waals surface area contributed by atoms with E-state index in [1.165, 1.54) is 0 Å². The lowest BCUT2D eigenvalue weighted by molar-refractivity contribution is 0.599. The van der Waals surface area contributed by atoms with Gasteiger partial charge in [0.05, 0.1) is 5.54 Å². The summed E-state index contributed by atoms with van der Waals surface area (Å²) >= 11 is 1.66. The lowest BCUT2D eigenvalue weighted by atomic mass is 10.1. The van der Waals surface area contributed by atoms with Crippen LogP contribution in [0.2, 0.25) is 0 Å². The number of fused-ring (bicyclic) bond motifs is 1. The van der Waals surface area contributed by atoms with Crippen molar-refractivity contribution in [3.05, 3.63) is 47.2 Å². The maximum Gasteiger partial charge on any atom is 0.138 e. The Balaban J connectivity index is 1.99. The van der Waals surface area contributed by atoms with E-state index in [0.717, 1.165) is 16.5 Å². The zero-order chi connectivity index (χ0) is 12.6. The van der Waals surface area contributed by atoms with Crippen LogP contribution >= 0.6 is 11.3 Å². The highest BCUT2D eigenvalue weighted by Gasteiger charge is 2.23. The van der Waals surface area contributed by atoms with Gasteiger partial charge in [0, 0.05) is 24.0 Å². The maximum absolute atomic E-state index is 4.38. The van der Waals surface area contributed by atoms with E-state index in [4.69, 9.17) is 0 Å². The van der Waals surface area contributed by atoms with E-state index >= 15 is 0 Å². The number of nitrogens with zero attached hydrogens (tertiary/aromatic N) is 3. The molecule has 0 spiro atoms. The number of hydrogen-bond donors (Lipinski definition) is 1. The lowest BCUT2D eigenvalue weighted by Crippen LogP contribution is -2.28. The highest BCUT2D eigenvalue weighted by atomic mass is 32.1. The second-order valence-electron chi connectivity index (χ2n) is 4.65. The van der Waals surface area contributed by atoms with Crippen molar-refractivity contribution in [2.45, 2.75) is 19.4 Å². The largest absolute Gasteiger partial charge is 0.360 e. The molecule has 3 aromatic rings. The van der Waals surface area contributed by atoms with Gasteiger partial charge in [-0.25, -0.2) is 9.97 Å². The normalized spacial score (nSPS) is 11.9. The molecule has 0 aliphatic carbocycles. The molecule has 0 unspecified atom stereocenters. The summed E-state index contributed by atoms with van der Waals surface area (Å²) < 4.78 is 2.04. The van der Waals surface area contributed by atoms with E-state index in [-0.39, 0.29) is 5.54 Å². The third-order valence-corrected chi connectivity index (χ3v) is 3.93. The Morgan fingerprint density at radius 2 is 2.11 bits per heavy atom. The van der Waals surface area contributed by atoms with Gasteiger partial charge in [-0.2, -0.15) is 0 Å². The standard InChI is InChI=1S/C13H14N4S/c1-13(2,12-15-7-9-18-12)16-11-5-3-4-10-14-6-8-17(10)11/h3-9,16H,1-2H3. The number of rotatable bonds is 3. The minimum atomic E-state index is -0.202.